The average molecular weight is 369 g/mol. The quantitative estimate of drug-likeness (QED) is 0.653. The summed E-state index contributed by atoms with van der Waals surface area (Å²) in [5, 5.41) is 17.2. The van der Waals surface area contributed by atoms with Gasteiger partial charge in [-0.2, -0.15) is 10.1 Å². The molecule has 2 bridgehead atoms. The van der Waals surface area contributed by atoms with E-state index < -0.39 is 0 Å². The van der Waals surface area contributed by atoms with Gasteiger partial charge in [-0.1, -0.05) is 0 Å². The molecule has 3 N–H and O–H groups in total. The fourth-order valence-corrected chi connectivity index (χ4v) is 5.09. The minimum absolute atomic E-state index is 0.446. The summed E-state index contributed by atoms with van der Waals surface area (Å²) in [6, 6.07) is 5.87. The Kier molecular flexibility index (Phi) is 3.82. The van der Waals surface area contributed by atoms with Gasteiger partial charge in [0.1, 0.15) is 10.6 Å². The van der Waals surface area contributed by atoms with Crippen molar-refractivity contribution >= 4 is 39.1 Å². The molecule has 2 unspecified atom stereocenters. The first-order chi connectivity index (χ1) is 12.7. The fraction of sp³-hybridized carbons (Fsp3) is 0.500. The zero-order chi connectivity index (χ0) is 17.7. The first-order valence-corrected chi connectivity index (χ1v) is 10.1. The van der Waals surface area contributed by atoms with Gasteiger partial charge in [-0.15, -0.1) is 11.3 Å². The Morgan fingerprint density at radius 3 is 2.77 bits per heavy atom. The number of thiophene rings is 1. The molecule has 2 saturated heterocycles. The third-order valence-electron chi connectivity index (χ3n) is 5.71. The Balaban J connectivity index is 1.41. The van der Waals surface area contributed by atoms with Crippen molar-refractivity contribution in [1.82, 2.24) is 25.1 Å². The molecule has 5 heterocycles. The Labute approximate surface area is 156 Å². The molecule has 3 aromatic heterocycles. The van der Waals surface area contributed by atoms with Crippen molar-refractivity contribution in [2.45, 2.75) is 50.7 Å². The van der Waals surface area contributed by atoms with Gasteiger partial charge in [0.15, 0.2) is 5.82 Å². The predicted octanol–water partition coefficient (Wildman–Crippen LogP) is 3.50. The summed E-state index contributed by atoms with van der Waals surface area (Å²) in [5.41, 5.74) is 1.02. The van der Waals surface area contributed by atoms with Gasteiger partial charge in [0.25, 0.3) is 0 Å². The lowest BCUT2D eigenvalue weighted by Crippen LogP contribution is -2.44. The third kappa shape index (κ3) is 2.83. The van der Waals surface area contributed by atoms with Crippen LogP contribution in [0.5, 0.6) is 0 Å². The van der Waals surface area contributed by atoms with E-state index in [0.29, 0.717) is 24.1 Å². The van der Waals surface area contributed by atoms with E-state index in [1.165, 1.54) is 25.7 Å². The summed E-state index contributed by atoms with van der Waals surface area (Å²) in [6.45, 7) is 1.99. The van der Waals surface area contributed by atoms with Crippen LogP contribution in [0.15, 0.2) is 17.5 Å². The molecule has 7 nitrogen and oxygen atoms in total. The Hall–Kier alpha value is -2.19. The second-order valence-electron chi connectivity index (χ2n) is 7.46. The van der Waals surface area contributed by atoms with Crippen LogP contribution in [0.25, 0.3) is 10.2 Å². The summed E-state index contributed by atoms with van der Waals surface area (Å²) in [4.78, 5) is 13.1. The number of nitrogens with zero attached hydrogens (tertiary/aromatic N) is 4. The number of nitrogens with one attached hydrogen (secondary N) is 3. The highest BCUT2D eigenvalue weighted by atomic mass is 32.1. The van der Waals surface area contributed by atoms with Gasteiger partial charge in [0.05, 0.1) is 5.39 Å². The minimum atomic E-state index is 0.446. The summed E-state index contributed by atoms with van der Waals surface area (Å²) in [6.07, 6.45) is 4.96. The van der Waals surface area contributed by atoms with E-state index in [2.05, 4.69) is 44.2 Å². The molecule has 0 radical (unpaired) electrons. The number of hydrogen-bond acceptors (Lipinski definition) is 7. The zero-order valence-electron chi connectivity index (χ0n) is 15.0. The van der Waals surface area contributed by atoms with E-state index in [0.717, 1.165) is 27.5 Å². The van der Waals surface area contributed by atoms with Crippen LogP contribution in [0.3, 0.4) is 0 Å². The standard InChI is InChI=1S/C18H23N7S/c1-10-7-15(24-23-10)20-16-14-5-6-26-17(14)22-18(21-16)19-11-8-12-3-4-13(9-11)25(12)2/h5-7,11-13H,3-4,8-9H2,1-2H3,(H3,19,20,21,22,23,24). The topological polar surface area (TPSA) is 81.8 Å². The van der Waals surface area contributed by atoms with Gasteiger partial charge in [-0.25, -0.2) is 4.98 Å². The molecule has 8 heteroatoms. The fourth-order valence-electron chi connectivity index (χ4n) is 4.33. The molecule has 136 valence electrons. The van der Waals surface area contributed by atoms with E-state index in [-0.39, 0.29) is 0 Å². The molecular formula is C18H23N7S. The van der Waals surface area contributed by atoms with Crippen molar-refractivity contribution in [2.24, 2.45) is 0 Å². The monoisotopic (exact) mass is 369 g/mol. The van der Waals surface area contributed by atoms with Crippen LogP contribution in [0.4, 0.5) is 17.6 Å². The van der Waals surface area contributed by atoms with Gasteiger partial charge in [-0.3, -0.25) is 5.10 Å². The average Bonchev–Trinajstić information content (AvgIpc) is 3.28. The Morgan fingerprint density at radius 1 is 1.23 bits per heavy atom. The van der Waals surface area contributed by atoms with Gasteiger partial charge < -0.3 is 15.5 Å². The molecular weight excluding hydrogens is 346 g/mol. The minimum Gasteiger partial charge on any atom is -0.351 e. The number of aromatic nitrogens is 4. The number of aryl methyl sites for hydroxylation is 1. The molecule has 2 atom stereocenters. The van der Waals surface area contributed by atoms with Crippen LogP contribution in [-0.2, 0) is 0 Å². The second kappa shape index (κ2) is 6.21. The number of H-pyrrole nitrogens is 1. The number of rotatable bonds is 4. The third-order valence-corrected chi connectivity index (χ3v) is 6.52. The van der Waals surface area contributed by atoms with Crippen LogP contribution in [0.2, 0.25) is 0 Å². The first-order valence-electron chi connectivity index (χ1n) is 9.18. The van der Waals surface area contributed by atoms with Gasteiger partial charge in [0, 0.05) is 29.9 Å². The van der Waals surface area contributed by atoms with Crippen LogP contribution in [0.1, 0.15) is 31.4 Å². The lowest BCUT2D eigenvalue weighted by Gasteiger charge is -2.36. The van der Waals surface area contributed by atoms with Crippen LogP contribution < -0.4 is 10.6 Å². The second-order valence-corrected chi connectivity index (χ2v) is 8.35. The molecule has 5 rings (SSSR count). The smallest absolute Gasteiger partial charge is 0.226 e. The molecule has 0 aromatic carbocycles. The van der Waals surface area contributed by atoms with Crippen molar-refractivity contribution in [3.63, 3.8) is 0 Å². The Bertz CT molecular complexity index is 919. The number of fused-ring (bicyclic) bond motifs is 3. The SMILES string of the molecule is Cc1cc(Nc2nc(NC3CC4CCC(C3)N4C)nc3sccc23)n[nH]1. The van der Waals surface area contributed by atoms with E-state index in [9.17, 15) is 0 Å². The number of anilines is 3. The molecule has 2 aliphatic rings. The van der Waals surface area contributed by atoms with Gasteiger partial charge in [-0.05, 0) is 51.1 Å². The first kappa shape index (κ1) is 16.0. The summed E-state index contributed by atoms with van der Waals surface area (Å²) < 4.78 is 0. The largest absolute Gasteiger partial charge is 0.351 e. The highest BCUT2D eigenvalue weighted by Crippen LogP contribution is 2.36. The van der Waals surface area contributed by atoms with Gasteiger partial charge >= 0.3 is 0 Å². The Morgan fingerprint density at radius 2 is 2.04 bits per heavy atom. The van der Waals surface area contributed by atoms with Crippen molar-refractivity contribution in [1.29, 1.82) is 0 Å². The van der Waals surface area contributed by atoms with Gasteiger partial charge in [0.2, 0.25) is 5.95 Å². The lowest BCUT2D eigenvalue weighted by molar-refractivity contribution is 0.168. The molecule has 2 aliphatic heterocycles. The normalized spacial score (nSPS) is 25.7. The lowest BCUT2D eigenvalue weighted by atomic mass is 9.98. The van der Waals surface area contributed by atoms with Crippen LogP contribution in [0, 0.1) is 6.92 Å². The molecule has 0 saturated carbocycles. The van der Waals surface area contributed by atoms with Crippen molar-refractivity contribution in [3.8, 4) is 0 Å². The number of piperidine rings is 1. The summed E-state index contributed by atoms with van der Waals surface area (Å²) in [5.74, 6) is 2.29. The van der Waals surface area contributed by atoms with Crippen molar-refractivity contribution < 1.29 is 0 Å². The number of aromatic amines is 1. The maximum atomic E-state index is 4.77. The highest BCUT2D eigenvalue weighted by Gasteiger charge is 2.38. The predicted molar refractivity (Wildman–Crippen MR) is 105 cm³/mol. The van der Waals surface area contributed by atoms with E-state index in [4.69, 9.17) is 9.97 Å². The van der Waals surface area contributed by atoms with E-state index >= 15 is 0 Å². The molecule has 2 fully saturated rings. The molecule has 26 heavy (non-hydrogen) atoms. The van der Waals surface area contributed by atoms with Crippen LogP contribution >= 0.6 is 11.3 Å². The number of hydrogen-bond donors (Lipinski definition) is 3. The van der Waals surface area contributed by atoms with Crippen molar-refractivity contribution in [2.75, 3.05) is 17.7 Å². The van der Waals surface area contributed by atoms with E-state index in [1.54, 1.807) is 11.3 Å². The maximum absolute atomic E-state index is 4.77. The molecule has 0 spiro atoms. The van der Waals surface area contributed by atoms with Crippen LogP contribution in [-0.4, -0.2) is 50.2 Å². The summed E-state index contributed by atoms with van der Waals surface area (Å²) >= 11 is 1.64. The molecule has 0 amide bonds. The zero-order valence-corrected chi connectivity index (χ0v) is 15.8. The molecule has 3 aromatic rings. The maximum Gasteiger partial charge on any atom is 0.226 e. The highest BCUT2D eigenvalue weighted by molar-refractivity contribution is 7.16. The molecule has 0 aliphatic carbocycles. The van der Waals surface area contributed by atoms with Crippen molar-refractivity contribution in [3.05, 3.63) is 23.2 Å². The summed E-state index contributed by atoms with van der Waals surface area (Å²) in [7, 11) is 2.26. The van der Waals surface area contributed by atoms with E-state index in [1.807, 2.05) is 13.0 Å².